The molecule has 7 heteroatoms. The zero-order chi connectivity index (χ0) is 19.7. The minimum atomic E-state index is -1.13. The Bertz CT molecular complexity index is 872. The van der Waals surface area contributed by atoms with Crippen LogP contribution in [0.25, 0.3) is 0 Å². The number of amides is 1. The highest BCUT2D eigenvalue weighted by molar-refractivity contribution is 7.09. The maximum Gasteiger partial charge on any atom is 0.267 e. The van der Waals surface area contributed by atoms with E-state index in [1.165, 1.54) is 6.07 Å². The minimum absolute atomic E-state index is 0.0175. The standard InChI is InChI=1S/C20H24FN3O2S/c1-19(2,3)16-12-27-17(23-16)9-10-22-18(25)20(4)11-15(24-26-20)13-7-5-6-8-14(13)21/h5-8,12H,9-11H2,1-4H3,(H,22,25)/t20-/m1/s1. The van der Waals surface area contributed by atoms with Gasteiger partial charge in [0, 0.05) is 35.7 Å². The van der Waals surface area contributed by atoms with E-state index in [4.69, 9.17) is 4.84 Å². The number of rotatable bonds is 5. The molecule has 0 saturated carbocycles. The molecule has 5 nitrogen and oxygen atoms in total. The van der Waals surface area contributed by atoms with Crippen LogP contribution in [0.5, 0.6) is 0 Å². The lowest BCUT2D eigenvalue weighted by molar-refractivity contribution is -0.141. The van der Waals surface area contributed by atoms with Gasteiger partial charge in [-0.1, -0.05) is 44.1 Å². The molecule has 0 radical (unpaired) electrons. The summed E-state index contributed by atoms with van der Waals surface area (Å²) in [4.78, 5) is 22.6. The second-order valence-corrected chi connectivity index (χ2v) is 8.84. The number of carbonyl (C=O) groups is 1. The van der Waals surface area contributed by atoms with E-state index in [-0.39, 0.29) is 23.6 Å². The van der Waals surface area contributed by atoms with Crippen molar-refractivity contribution in [2.24, 2.45) is 5.16 Å². The van der Waals surface area contributed by atoms with Crippen molar-refractivity contribution in [3.05, 3.63) is 51.7 Å². The fourth-order valence-electron chi connectivity index (χ4n) is 2.74. The van der Waals surface area contributed by atoms with Crippen molar-refractivity contribution in [1.29, 1.82) is 0 Å². The molecule has 0 fully saturated rings. The molecule has 1 aliphatic heterocycles. The van der Waals surface area contributed by atoms with Gasteiger partial charge in [-0.15, -0.1) is 11.3 Å². The quantitative estimate of drug-likeness (QED) is 0.845. The lowest BCUT2D eigenvalue weighted by Gasteiger charge is -2.20. The Labute approximate surface area is 162 Å². The molecule has 1 N–H and O–H groups in total. The third-order valence-electron chi connectivity index (χ3n) is 4.47. The van der Waals surface area contributed by atoms with E-state index in [9.17, 15) is 9.18 Å². The van der Waals surface area contributed by atoms with Gasteiger partial charge in [-0.05, 0) is 13.0 Å². The molecule has 144 valence electrons. The Morgan fingerprint density at radius 3 is 2.78 bits per heavy atom. The number of nitrogens with one attached hydrogen (secondary N) is 1. The minimum Gasteiger partial charge on any atom is -0.379 e. The van der Waals surface area contributed by atoms with Crippen LogP contribution in [0.4, 0.5) is 4.39 Å². The number of benzene rings is 1. The highest BCUT2D eigenvalue weighted by atomic mass is 32.1. The Balaban J connectivity index is 1.54. The van der Waals surface area contributed by atoms with E-state index >= 15 is 0 Å². The zero-order valence-corrected chi connectivity index (χ0v) is 16.8. The average Bonchev–Trinajstić information content (AvgIpc) is 3.23. The van der Waals surface area contributed by atoms with Crippen molar-refractivity contribution < 1.29 is 14.0 Å². The molecular formula is C20H24FN3O2S. The summed E-state index contributed by atoms with van der Waals surface area (Å²) in [7, 11) is 0. The number of halogens is 1. The Morgan fingerprint density at radius 1 is 1.37 bits per heavy atom. The van der Waals surface area contributed by atoms with Crippen LogP contribution in [0.3, 0.4) is 0 Å². The van der Waals surface area contributed by atoms with Crippen LogP contribution < -0.4 is 5.32 Å². The van der Waals surface area contributed by atoms with E-state index in [1.54, 1.807) is 36.5 Å². The topological polar surface area (TPSA) is 63.6 Å². The first kappa shape index (κ1) is 19.5. The number of hydrogen-bond donors (Lipinski definition) is 1. The third kappa shape index (κ3) is 4.35. The predicted molar refractivity (Wildman–Crippen MR) is 105 cm³/mol. The van der Waals surface area contributed by atoms with Crippen LogP contribution in [-0.4, -0.2) is 28.7 Å². The van der Waals surface area contributed by atoms with Gasteiger partial charge in [0.15, 0.2) is 0 Å². The molecule has 3 rings (SSSR count). The number of thiazole rings is 1. The van der Waals surface area contributed by atoms with Crippen LogP contribution in [0.15, 0.2) is 34.8 Å². The largest absolute Gasteiger partial charge is 0.379 e. The highest BCUT2D eigenvalue weighted by Gasteiger charge is 2.42. The van der Waals surface area contributed by atoms with Gasteiger partial charge in [0.25, 0.3) is 5.91 Å². The third-order valence-corrected chi connectivity index (χ3v) is 5.38. The number of oxime groups is 1. The second-order valence-electron chi connectivity index (χ2n) is 7.90. The molecule has 1 aliphatic rings. The van der Waals surface area contributed by atoms with Crippen molar-refractivity contribution in [3.63, 3.8) is 0 Å². The van der Waals surface area contributed by atoms with Crippen molar-refractivity contribution in [1.82, 2.24) is 10.3 Å². The Morgan fingerprint density at radius 2 is 2.11 bits per heavy atom. The molecule has 1 aromatic carbocycles. The summed E-state index contributed by atoms with van der Waals surface area (Å²) in [5, 5.41) is 9.88. The molecule has 27 heavy (non-hydrogen) atoms. The van der Waals surface area contributed by atoms with Gasteiger partial charge in [-0.2, -0.15) is 0 Å². The molecule has 1 amide bonds. The first-order valence-electron chi connectivity index (χ1n) is 8.92. The summed E-state index contributed by atoms with van der Waals surface area (Å²) in [6.07, 6.45) is 0.884. The van der Waals surface area contributed by atoms with E-state index in [1.807, 2.05) is 0 Å². The molecule has 0 bridgehead atoms. The first-order valence-corrected chi connectivity index (χ1v) is 9.80. The van der Waals surface area contributed by atoms with Gasteiger partial charge in [-0.3, -0.25) is 4.79 Å². The number of aromatic nitrogens is 1. The molecular weight excluding hydrogens is 365 g/mol. The summed E-state index contributed by atoms with van der Waals surface area (Å²) in [6.45, 7) is 8.50. The molecule has 0 saturated heterocycles. The van der Waals surface area contributed by atoms with Gasteiger partial charge >= 0.3 is 0 Å². The van der Waals surface area contributed by atoms with Gasteiger partial charge in [0.1, 0.15) is 5.82 Å². The maximum atomic E-state index is 13.9. The molecule has 2 aromatic rings. The lowest BCUT2D eigenvalue weighted by Crippen LogP contribution is -2.45. The molecule has 1 atom stereocenters. The normalized spacial score (nSPS) is 19.5. The smallest absolute Gasteiger partial charge is 0.267 e. The van der Waals surface area contributed by atoms with Crippen LogP contribution in [0.1, 0.15) is 50.4 Å². The Hall–Kier alpha value is -2.28. The molecule has 2 heterocycles. The molecule has 0 aliphatic carbocycles. The molecule has 0 unspecified atom stereocenters. The lowest BCUT2D eigenvalue weighted by atomic mass is 9.93. The van der Waals surface area contributed by atoms with Crippen molar-refractivity contribution in [3.8, 4) is 0 Å². The summed E-state index contributed by atoms with van der Waals surface area (Å²) >= 11 is 1.60. The number of carbonyl (C=O) groups excluding carboxylic acids is 1. The summed E-state index contributed by atoms with van der Waals surface area (Å²) in [5.41, 5.74) is 0.760. The first-order chi connectivity index (χ1) is 12.7. The van der Waals surface area contributed by atoms with Gasteiger partial charge in [-0.25, -0.2) is 9.37 Å². The Kier molecular flexibility index (Phi) is 5.33. The maximum absolute atomic E-state index is 13.9. The van der Waals surface area contributed by atoms with Crippen molar-refractivity contribution >= 4 is 23.0 Å². The number of nitrogens with zero attached hydrogens (tertiary/aromatic N) is 2. The van der Waals surface area contributed by atoms with E-state index < -0.39 is 5.60 Å². The molecule has 1 aromatic heterocycles. The van der Waals surface area contributed by atoms with Crippen LogP contribution in [0, 0.1) is 5.82 Å². The predicted octanol–water partition coefficient (Wildman–Crippen LogP) is 3.82. The second kappa shape index (κ2) is 7.38. The monoisotopic (exact) mass is 389 g/mol. The zero-order valence-electron chi connectivity index (χ0n) is 16.0. The van der Waals surface area contributed by atoms with Crippen LogP contribution in [-0.2, 0) is 21.5 Å². The van der Waals surface area contributed by atoms with Crippen molar-refractivity contribution in [2.45, 2.75) is 51.6 Å². The van der Waals surface area contributed by atoms with Gasteiger partial charge in [0.05, 0.1) is 16.4 Å². The highest BCUT2D eigenvalue weighted by Crippen LogP contribution is 2.28. The van der Waals surface area contributed by atoms with E-state index in [0.29, 0.717) is 24.2 Å². The van der Waals surface area contributed by atoms with Gasteiger partial charge < -0.3 is 10.2 Å². The summed E-state index contributed by atoms with van der Waals surface area (Å²) < 4.78 is 13.9. The van der Waals surface area contributed by atoms with Crippen molar-refractivity contribution in [2.75, 3.05) is 6.54 Å². The van der Waals surface area contributed by atoms with Crippen LogP contribution in [0.2, 0.25) is 0 Å². The van der Waals surface area contributed by atoms with Gasteiger partial charge in [0.2, 0.25) is 5.60 Å². The fourth-order valence-corrected chi connectivity index (χ4v) is 3.77. The average molecular weight is 389 g/mol. The fraction of sp³-hybridized carbons (Fsp3) is 0.450. The summed E-state index contributed by atoms with van der Waals surface area (Å²) in [6, 6.07) is 6.35. The van der Waals surface area contributed by atoms with E-state index in [0.717, 1.165) is 10.7 Å². The molecule has 0 spiro atoms. The number of hydrogen-bond acceptors (Lipinski definition) is 5. The SMILES string of the molecule is CC(C)(C)c1csc(CCNC(=O)[C@@]2(C)CC(c3ccccc3F)=NO2)n1. The van der Waals surface area contributed by atoms with Crippen LogP contribution >= 0.6 is 11.3 Å². The summed E-state index contributed by atoms with van der Waals surface area (Å²) in [5.74, 6) is -0.631. The van der Waals surface area contributed by atoms with E-state index in [2.05, 4.69) is 41.6 Å².